The molecule has 1 aliphatic heterocycles. The molecule has 8 nitrogen and oxygen atoms in total. The number of ether oxygens (including phenoxy) is 1. The molecule has 9 heteroatoms. The first-order chi connectivity index (χ1) is 14.1. The van der Waals surface area contributed by atoms with Gasteiger partial charge in [-0.15, -0.1) is 11.3 Å². The number of hydrogen-bond acceptors (Lipinski definition) is 7. The van der Waals surface area contributed by atoms with Gasteiger partial charge in [-0.3, -0.25) is 9.63 Å². The highest BCUT2D eigenvalue weighted by Gasteiger charge is 2.30. The van der Waals surface area contributed by atoms with Gasteiger partial charge >= 0.3 is 6.09 Å². The zero-order chi connectivity index (χ0) is 20.2. The van der Waals surface area contributed by atoms with Gasteiger partial charge in [0.25, 0.3) is 0 Å². The number of furan rings is 1. The molecule has 2 aliphatic rings. The molecule has 0 saturated carbocycles. The molecule has 0 aromatic carbocycles. The summed E-state index contributed by atoms with van der Waals surface area (Å²) < 4.78 is 10.5. The van der Waals surface area contributed by atoms with Crippen LogP contribution >= 0.6 is 11.3 Å². The molecule has 0 radical (unpaired) electrons. The van der Waals surface area contributed by atoms with Crippen molar-refractivity contribution in [3.05, 3.63) is 46.2 Å². The van der Waals surface area contributed by atoms with Crippen molar-refractivity contribution < 1.29 is 23.6 Å². The molecule has 3 heterocycles. The van der Waals surface area contributed by atoms with Crippen LogP contribution in [-0.4, -0.2) is 36.3 Å². The van der Waals surface area contributed by atoms with E-state index in [1.54, 1.807) is 12.1 Å². The first-order valence-corrected chi connectivity index (χ1v) is 10.1. The van der Waals surface area contributed by atoms with Crippen LogP contribution in [0.25, 0.3) is 6.08 Å². The minimum atomic E-state index is -0.467. The number of nitrogens with one attached hydrogen (secondary N) is 1. The smallest absolute Gasteiger partial charge is 0.434 e. The minimum absolute atomic E-state index is 0.270. The van der Waals surface area contributed by atoms with Crippen molar-refractivity contribution in [3.8, 4) is 6.07 Å². The Balaban J connectivity index is 1.42. The predicted molar refractivity (Wildman–Crippen MR) is 105 cm³/mol. The summed E-state index contributed by atoms with van der Waals surface area (Å²) in [5.74, 6) is -0.324. The molecular formula is C20H19N3O5S. The molecule has 29 heavy (non-hydrogen) atoms. The second-order valence-electron chi connectivity index (χ2n) is 6.74. The van der Waals surface area contributed by atoms with Crippen molar-refractivity contribution in [2.45, 2.75) is 31.8 Å². The fourth-order valence-electron chi connectivity index (χ4n) is 3.35. The van der Waals surface area contributed by atoms with Gasteiger partial charge in [-0.05, 0) is 37.0 Å². The molecular weight excluding hydrogens is 394 g/mol. The summed E-state index contributed by atoms with van der Waals surface area (Å²) in [6, 6.07) is 3.94. The Kier molecular flexibility index (Phi) is 5.64. The van der Waals surface area contributed by atoms with Gasteiger partial charge < -0.3 is 14.5 Å². The number of carbonyl (C=O) groups excluding carboxylic acids is 2. The normalized spacial score (nSPS) is 18.4. The topological polar surface area (TPSA) is 105 Å². The van der Waals surface area contributed by atoms with Crippen LogP contribution in [0.1, 0.15) is 34.4 Å². The van der Waals surface area contributed by atoms with Gasteiger partial charge in [0.15, 0.2) is 0 Å². The molecule has 0 spiro atoms. The average Bonchev–Trinajstić information content (AvgIpc) is 3.46. The summed E-state index contributed by atoms with van der Waals surface area (Å²) in [5, 5.41) is 14.1. The van der Waals surface area contributed by atoms with Gasteiger partial charge in [-0.25, -0.2) is 4.79 Å². The van der Waals surface area contributed by atoms with Gasteiger partial charge in [0.2, 0.25) is 5.91 Å². The highest BCUT2D eigenvalue weighted by molar-refractivity contribution is 7.16. The number of nitriles is 1. The Hall–Kier alpha value is -3.09. The molecule has 0 bridgehead atoms. The van der Waals surface area contributed by atoms with E-state index in [0.717, 1.165) is 22.4 Å². The number of anilines is 1. The Morgan fingerprint density at radius 3 is 3.07 bits per heavy atom. The lowest BCUT2D eigenvalue weighted by atomic mass is 9.94. The number of hydrogen-bond donors (Lipinski definition) is 1. The maximum Gasteiger partial charge on any atom is 0.434 e. The fourth-order valence-corrected chi connectivity index (χ4v) is 4.62. The molecule has 2 aromatic rings. The van der Waals surface area contributed by atoms with Crippen LogP contribution in [0.4, 0.5) is 9.80 Å². The van der Waals surface area contributed by atoms with E-state index in [4.69, 9.17) is 14.0 Å². The monoisotopic (exact) mass is 413 g/mol. The van der Waals surface area contributed by atoms with Crippen LogP contribution in [-0.2, 0) is 27.2 Å². The Morgan fingerprint density at radius 1 is 1.45 bits per heavy atom. The first-order valence-electron chi connectivity index (χ1n) is 9.31. The quantitative estimate of drug-likeness (QED) is 0.769. The third-order valence-electron chi connectivity index (χ3n) is 4.76. The van der Waals surface area contributed by atoms with Gasteiger partial charge in [-0.2, -0.15) is 10.3 Å². The predicted octanol–water partition coefficient (Wildman–Crippen LogP) is 3.50. The molecule has 1 fully saturated rings. The number of hydroxylamine groups is 2. The average molecular weight is 413 g/mol. The molecule has 1 unspecified atom stereocenters. The summed E-state index contributed by atoms with van der Waals surface area (Å²) in [7, 11) is 0. The third-order valence-corrected chi connectivity index (χ3v) is 5.93. The summed E-state index contributed by atoms with van der Waals surface area (Å²) >= 11 is 1.36. The van der Waals surface area contributed by atoms with Gasteiger partial charge in [0.1, 0.15) is 17.2 Å². The van der Waals surface area contributed by atoms with E-state index in [-0.39, 0.29) is 12.0 Å². The Morgan fingerprint density at radius 2 is 2.34 bits per heavy atom. The fraction of sp³-hybridized carbons (Fsp3) is 0.350. The van der Waals surface area contributed by atoms with Crippen molar-refractivity contribution in [2.75, 3.05) is 18.5 Å². The zero-order valence-electron chi connectivity index (χ0n) is 15.6. The number of rotatable bonds is 4. The molecule has 1 saturated heterocycles. The van der Waals surface area contributed by atoms with E-state index in [1.165, 1.54) is 35.0 Å². The van der Waals surface area contributed by atoms with E-state index < -0.39 is 6.09 Å². The van der Waals surface area contributed by atoms with Gasteiger partial charge in [0.05, 0.1) is 31.2 Å². The minimum Gasteiger partial charge on any atom is -0.472 e. The summed E-state index contributed by atoms with van der Waals surface area (Å²) in [6.45, 7) is 1.06. The lowest BCUT2D eigenvalue weighted by Gasteiger charge is -2.24. The zero-order valence-corrected chi connectivity index (χ0v) is 16.4. The number of fused-ring (bicyclic) bond motifs is 1. The van der Waals surface area contributed by atoms with Gasteiger partial charge in [-0.1, -0.05) is 0 Å². The van der Waals surface area contributed by atoms with Crippen molar-refractivity contribution in [3.63, 3.8) is 0 Å². The SMILES string of the molecule is N#Cc1c(NC(=O)C=Cc2ccoc2)sc2c1CCC(OC(=O)N1CCCO1)C2. The van der Waals surface area contributed by atoms with Crippen LogP contribution in [0.2, 0.25) is 0 Å². The number of thiophene rings is 1. The lowest BCUT2D eigenvalue weighted by molar-refractivity contribution is -0.111. The van der Waals surface area contributed by atoms with Crippen LogP contribution < -0.4 is 5.32 Å². The standard InChI is InChI=1S/C20H19N3O5S/c21-11-16-15-4-3-14(28-20(25)23-7-1-8-27-23)10-17(15)29-19(16)22-18(24)5-2-13-6-9-26-12-13/h2,5-6,9,12,14H,1,3-4,7-8,10H2,(H,22,24). The molecule has 1 aliphatic carbocycles. The third kappa shape index (κ3) is 4.34. The number of carbonyl (C=O) groups is 2. The Labute approximate surface area is 171 Å². The molecule has 2 aromatic heterocycles. The van der Waals surface area contributed by atoms with Gasteiger partial charge in [0, 0.05) is 22.9 Å². The molecule has 150 valence electrons. The largest absolute Gasteiger partial charge is 0.472 e. The summed E-state index contributed by atoms with van der Waals surface area (Å²) in [4.78, 5) is 30.5. The maximum atomic E-state index is 12.2. The first kappa shape index (κ1) is 19.2. The van der Waals surface area contributed by atoms with Crippen molar-refractivity contribution in [1.29, 1.82) is 5.26 Å². The number of nitrogens with zero attached hydrogens (tertiary/aromatic N) is 2. The van der Waals surface area contributed by atoms with Crippen LogP contribution in [0.3, 0.4) is 0 Å². The second-order valence-corrected chi connectivity index (χ2v) is 7.84. The molecule has 1 atom stereocenters. The summed E-state index contributed by atoms with van der Waals surface area (Å²) in [6.07, 6.45) is 7.92. The molecule has 4 rings (SSSR count). The van der Waals surface area contributed by atoms with Crippen LogP contribution in [0.5, 0.6) is 0 Å². The van der Waals surface area contributed by atoms with E-state index in [0.29, 0.717) is 43.0 Å². The van der Waals surface area contributed by atoms with E-state index in [1.807, 2.05) is 0 Å². The van der Waals surface area contributed by atoms with E-state index in [2.05, 4.69) is 11.4 Å². The van der Waals surface area contributed by atoms with Crippen molar-refractivity contribution >= 4 is 34.4 Å². The Bertz CT molecular complexity index is 967. The van der Waals surface area contributed by atoms with Crippen molar-refractivity contribution in [1.82, 2.24) is 5.06 Å². The molecule has 2 amide bonds. The summed E-state index contributed by atoms with van der Waals surface area (Å²) in [5.41, 5.74) is 2.19. The van der Waals surface area contributed by atoms with E-state index >= 15 is 0 Å². The van der Waals surface area contributed by atoms with Crippen LogP contribution in [0, 0.1) is 11.3 Å². The lowest BCUT2D eigenvalue weighted by Crippen LogP contribution is -2.33. The molecule has 1 N–H and O–H groups in total. The van der Waals surface area contributed by atoms with Crippen molar-refractivity contribution in [2.24, 2.45) is 0 Å². The van der Waals surface area contributed by atoms with Crippen LogP contribution in [0.15, 0.2) is 29.1 Å². The second kappa shape index (κ2) is 8.51. The van der Waals surface area contributed by atoms with E-state index in [9.17, 15) is 14.9 Å². The number of amides is 2. The highest BCUT2D eigenvalue weighted by atomic mass is 32.1. The highest BCUT2D eigenvalue weighted by Crippen LogP contribution is 2.38. The maximum absolute atomic E-state index is 12.2.